The molecule has 1 aliphatic carbocycles. The van der Waals surface area contributed by atoms with Crippen molar-refractivity contribution in [1.29, 1.82) is 0 Å². The Balaban J connectivity index is 2.55. The summed E-state index contributed by atoms with van der Waals surface area (Å²) in [5.41, 5.74) is 4.03. The summed E-state index contributed by atoms with van der Waals surface area (Å²) in [5.74, 6) is -0.893. The fourth-order valence-corrected chi connectivity index (χ4v) is 2.37. The molecule has 0 saturated heterocycles. The van der Waals surface area contributed by atoms with Gasteiger partial charge in [0.1, 0.15) is 0 Å². The van der Waals surface area contributed by atoms with Gasteiger partial charge in [0.15, 0.2) is 0 Å². The van der Waals surface area contributed by atoms with E-state index in [0.29, 0.717) is 0 Å². The van der Waals surface area contributed by atoms with Crippen molar-refractivity contribution in [3.63, 3.8) is 0 Å². The number of aryl methyl sites for hydroxylation is 1. The van der Waals surface area contributed by atoms with Crippen LogP contribution in [0.1, 0.15) is 23.1 Å². The van der Waals surface area contributed by atoms with Crippen LogP contribution in [0, 0.1) is 6.92 Å². The lowest BCUT2D eigenvalue weighted by Gasteiger charge is -2.04. The van der Waals surface area contributed by atoms with Crippen LogP contribution in [0.3, 0.4) is 0 Å². The van der Waals surface area contributed by atoms with Crippen molar-refractivity contribution >= 4 is 23.1 Å². The molecule has 0 fully saturated rings. The number of carboxylic acid groups (broad SMARTS) is 1. The molecular formula is C12H11ClO2. The summed E-state index contributed by atoms with van der Waals surface area (Å²) in [6, 6.07) is 3.92. The molecule has 1 aromatic rings. The average Bonchev–Trinajstić information content (AvgIpc) is 2.48. The van der Waals surface area contributed by atoms with E-state index in [1.54, 1.807) is 0 Å². The maximum atomic E-state index is 10.6. The Morgan fingerprint density at radius 3 is 2.87 bits per heavy atom. The highest BCUT2D eigenvalue weighted by molar-refractivity contribution is 6.31. The fraction of sp³-hybridized carbons (Fsp3) is 0.250. The Hall–Kier alpha value is -1.28. The lowest BCUT2D eigenvalue weighted by Crippen LogP contribution is -1.90. The zero-order valence-electron chi connectivity index (χ0n) is 8.38. The number of halogens is 1. The second kappa shape index (κ2) is 3.70. The third kappa shape index (κ3) is 1.90. The molecule has 0 amide bonds. The van der Waals surface area contributed by atoms with Gasteiger partial charge in [-0.1, -0.05) is 17.7 Å². The van der Waals surface area contributed by atoms with Gasteiger partial charge in [-0.15, -0.1) is 0 Å². The number of aliphatic carboxylic acids is 1. The number of hydrogen-bond donors (Lipinski definition) is 1. The van der Waals surface area contributed by atoms with Crippen molar-refractivity contribution in [3.8, 4) is 0 Å². The number of allylic oxidation sites excluding steroid dienone is 1. The molecule has 0 aliphatic heterocycles. The van der Waals surface area contributed by atoms with Crippen LogP contribution in [0.5, 0.6) is 0 Å². The molecule has 78 valence electrons. The van der Waals surface area contributed by atoms with Crippen LogP contribution in [0.4, 0.5) is 0 Å². The normalized spacial score (nSPS) is 16.8. The van der Waals surface area contributed by atoms with Crippen LogP contribution >= 0.6 is 11.6 Å². The second-order valence-corrected chi connectivity index (χ2v) is 4.19. The molecule has 15 heavy (non-hydrogen) atoms. The maximum absolute atomic E-state index is 10.6. The standard InChI is InChI=1S/C12H11ClO2/c1-7-4-10-8(6-12(14)15)2-3-9(10)11(13)5-7/h4-6H,2-3H2,1H3,(H,14,15)/b8-6+. The summed E-state index contributed by atoms with van der Waals surface area (Å²) in [4.78, 5) is 10.6. The van der Waals surface area contributed by atoms with Crippen molar-refractivity contribution in [2.75, 3.05) is 0 Å². The number of carboxylic acids is 1. The van der Waals surface area contributed by atoms with Crippen LogP contribution < -0.4 is 0 Å². The molecular weight excluding hydrogens is 212 g/mol. The van der Waals surface area contributed by atoms with Crippen LogP contribution in [-0.4, -0.2) is 11.1 Å². The highest BCUT2D eigenvalue weighted by atomic mass is 35.5. The van der Waals surface area contributed by atoms with Gasteiger partial charge in [-0.05, 0) is 48.1 Å². The van der Waals surface area contributed by atoms with E-state index >= 15 is 0 Å². The molecule has 0 unspecified atom stereocenters. The van der Waals surface area contributed by atoms with Gasteiger partial charge in [0.25, 0.3) is 0 Å². The Labute approximate surface area is 93.2 Å². The molecule has 1 aromatic carbocycles. The van der Waals surface area contributed by atoms with Crippen molar-refractivity contribution in [2.45, 2.75) is 19.8 Å². The van der Waals surface area contributed by atoms with Gasteiger partial charge >= 0.3 is 5.97 Å². The Morgan fingerprint density at radius 2 is 2.20 bits per heavy atom. The average molecular weight is 223 g/mol. The van der Waals surface area contributed by atoms with Gasteiger partial charge in [-0.3, -0.25) is 0 Å². The smallest absolute Gasteiger partial charge is 0.328 e. The van der Waals surface area contributed by atoms with Crippen LogP contribution in [0.15, 0.2) is 18.2 Å². The van der Waals surface area contributed by atoms with Gasteiger partial charge in [0.2, 0.25) is 0 Å². The Bertz CT molecular complexity index is 461. The van der Waals surface area contributed by atoms with E-state index in [1.165, 1.54) is 6.08 Å². The van der Waals surface area contributed by atoms with Crippen LogP contribution in [0.2, 0.25) is 5.02 Å². The van der Waals surface area contributed by atoms with Crippen molar-refractivity contribution in [1.82, 2.24) is 0 Å². The number of carbonyl (C=O) groups is 1. The Morgan fingerprint density at radius 1 is 1.47 bits per heavy atom. The van der Waals surface area contributed by atoms with E-state index in [0.717, 1.165) is 40.1 Å². The van der Waals surface area contributed by atoms with E-state index in [-0.39, 0.29) is 0 Å². The lowest BCUT2D eigenvalue weighted by atomic mass is 10.0. The number of hydrogen-bond acceptors (Lipinski definition) is 1. The summed E-state index contributed by atoms with van der Waals surface area (Å²) in [7, 11) is 0. The molecule has 0 heterocycles. The summed E-state index contributed by atoms with van der Waals surface area (Å²) in [6.07, 6.45) is 2.89. The highest BCUT2D eigenvalue weighted by Gasteiger charge is 2.19. The van der Waals surface area contributed by atoms with Crippen molar-refractivity contribution < 1.29 is 9.90 Å². The quantitative estimate of drug-likeness (QED) is 0.742. The molecule has 3 heteroatoms. The van der Waals surface area contributed by atoms with Gasteiger partial charge in [0.05, 0.1) is 0 Å². The molecule has 2 nitrogen and oxygen atoms in total. The maximum Gasteiger partial charge on any atom is 0.328 e. The second-order valence-electron chi connectivity index (χ2n) is 3.78. The first-order chi connectivity index (χ1) is 7.08. The van der Waals surface area contributed by atoms with Gasteiger partial charge in [-0.25, -0.2) is 4.79 Å². The summed E-state index contributed by atoms with van der Waals surface area (Å²) in [5, 5.41) is 9.48. The molecule has 0 atom stereocenters. The lowest BCUT2D eigenvalue weighted by molar-refractivity contribution is -0.131. The predicted octanol–water partition coefficient (Wildman–Crippen LogP) is 3.06. The van der Waals surface area contributed by atoms with Gasteiger partial charge in [0, 0.05) is 11.1 Å². The number of rotatable bonds is 1. The molecule has 0 bridgehead atoms. The molecule has 2 rings (SSSR count). The van der Waals surface area contributed by atoms with Crippen molar-refractivity contribution in [3.05, 3.63) is 39.9 Å². The van der Waals surface area contributed by atoms with E-state index < -0.39 is 5.97 Å². The summed E-state index contributed by atoms with van der Waals surface area (Å²) < 4.78 is 0. The minimum Gasteiger partial charge on any atom is -0.478 e. The first-order valence-corrected chi connectivity index (χ1v) is 5.18. The largest absolute Gasteiger partial charge is 0.478 e. The van der Waals surface area contributed by atoms with E-state index in [4.69, 9.17) is 16.7 Å². The monoisotopic (exact) mass is 222 g/mol. The molecule has 1 N–H and O–H groups in total. The van der Waals surface area contributed by atoms with Crippen molar-refractivity contribution in [2.24, 2.45) is 0 Å². The minimum atomic E-state index is -0.893. The van der Waals surface area contributed by atoms with Crippen LogP contribution in [-0.2, 0) is 11.2 Å². The van der Waals surface area contributed by atoms with Gasteiger partial charge in [-0.2, -0.15) is 0 Å². The minimum absolute atomic E-state index is 0.749. The van der Waals surface area contributed by atoms with Crippen LogP contribution in [0.25, 0.3) is 5.57 Å². The first kappa shape index (κ1) is 10.2. The Kier molecular flexibility index (Phi) is 2.53. The molecule has 0 aromatic heterocycles. The predicted molar refractivity (Wildman–Crippen MR) is 60.1 cm³/mol. The van der Waals surface area contributed by atoms with E-state index in [1.807, 2.05) is 19.1 Å². The third-order valence-electron chi connectivity index (χ3n) is 2.63. The SMILES string of the molecule is Cc1cc(Cl)c2c(c1)/C(=C/C(=O)O)CC2. The van der Waals surface area contributed by atoms with Gasteiger partial charge < -0.3 is 5.11 Å². The molecule has 0 radical (unpaired) electrons. The molecule has 1 aliphatic rings. The molecule has 0 saturated carbocycles. The fourth-order valence-electron chi connectivity index (χ4n) is 2.01. The first-order valence-electron chi connectivity index (χ1n) is 4.81. The van der Waals surface area contributed by atoms with E-state index in [9.17, 15) is 4.79 Å². The topological polar surface area (TPSA) is 37.3 Å². The zero-order chi connectivity index (χ0) is 11.0. The zero-order valence-corrected chi connectivity index (χ0v) is 9.14. The summed E-state index contributed by atoms with van der Waals surface area (Å²) >= 11 is 6.10. The molecule has 0 spiro atoms. The number of fused-ring (bicyclic) bond motifs is 1. The third-order valence-corrected chi connectivity index (χ3v) is 2.97. The van der Waals surface area contributed by atoms with E-state index in [2.05, 4.69) is 0 Å². The highest BCUT2D eigenvalue weighted by Crippen LogP contribution is 2.37. The number of benzene rings is 1. The summed E-state index contributed by atoms with van der Waals surface area (Å²) in [6.45, 7) is 1.96.